The fourth-order valence-corrected chi connectivity index (χ4v) is 4.11. The lowest BCUT2D eigenvalue weighted by Crippen LogP contribution is -2.12. The molecule has 6 nitrogen and oxygen atoms in total. The predicted molar refractivity (Wildman–Crippen MR) is 93.2 cm³/mol. The van der Waals surface area contributed by atoms with Gasteiger partial charge in [-0.3, -0.25) is 0 Å². The van der Waals surface area contributed by atoms with Gasteiger partial charge in [0, 0.05) is 11.6 Å². The number of aryl methyl sites for hydroxylation is 1. The first-order chi connectivity index (χ1) is 11.4. The molecule has 2 N–H and O–H groups in total. The molecule has 0 saturated carbocycles. The van der Waals surface area contributed by atoms with Crippen molar-refractivity contribution in [2.75, 3.05) is 20.0 Å². The van der Waals surface area contributed by atoms with Gasteiger partial charge in [0.25, 0.3) is 10.0 Å². The van der Waals surface area contributed by atoms with E-state index in [9.17, 15) is 8.42 Å². The maximum atomic E-state index is 13.0. The Kier molecular flexibility index (Phi) is 3.88. The van der Waals surface area contributed by atoms with E-state index >= 15 is 0 Å². The van der Waals surface area contributed by atoms with E-state index in [1.54, 1.807) is 31.5 Å². The quantitative estimate of drug-likeness (QED) is 0.735. The van der Waals surface area contributed by atoms with Gasteiger partial charge >= 0.3 is 0 Å². The number of nitrogens with zero attached hydrogens (tertiary/aromatic N) is 1. The molecule has 3 aromatic rings. The smallest absolute Gasteiger partial charge is 0.268 e. The minimum Gasteiger partial charge on any atom is -0.497 e. The fourth-order valence-electron chi connectivity index (χ4n) is 2.65. The van der Waals surface area contributed by atoms with E-state index in [1.807, 2.05) is 13.0 Å². The molecular formula is C17H18N2O4S. The Bertz CT molecular complexity index is 1020. The maximum absolute atomic E-state index is 13.0. The van der Waals surface area contributed by atoms with Crippen molar-refractivity contribution in [2.45, 2.75) is 11.8 Å². The molecule has 0 atom stereocenters. The van der Waals surface area contributed by atoms with Crippen molar-refractivity contribution < 1.29 is 17.9 Å². The Hall–Kier alpha value is -2.67. The molecule has 0 unspecified atom stereocenters. The molecule has 3 rings (SSSR count). The lowest BCUT2D eigenvalue weighted by molar-refractivity contribution is 0.415. The van der Waals surface area contributed by atoms with Gasteiger partial charge in [-0.1, -0.05) is 0 Å². The van der Waals surface area contributed by atoms with Crippen LogP contribution in [0.25, 0.3) is 10.9 Å². The van der Waals surface area contributed by atoms with Crippen LogP contribution in [0, 0.1) is 6.92 Å². The van der Waals surface area contributed by atoms with Gasteiger partial charge in [0.2, 0.25) is 0 Å². The number of hydrogen-bond acceptors (Lipinski definition) is 5. The van der Waals surface area contributed by atoms with E-state index in [2.05, 4.69) is 0 Å². The summed E-state index contributed by atoms with van der Waals surface area (Å²) in [6, 6.07) is 9.71. The van der Waals surface area contributed by atoms with Crippen LogP contribution in [-0.4, -0.2) is 26.6 Å². The van der Waals surface area contributed by atoms with E-state index in [0.29, 0.717) is 17.0 Å². The summed E-state index contributed by atoms with van der Waals surface area (Å²) in [5, 5.41) is 0.819. The molecule has 7 heteroatoms. The Morgan fingerprint density at radius 2 is 1.79 bits per heavy atom. The van der Waals surface area contributed by atoms with E-state index in [-0.39, 0.29) is 10.6 Å². The highest BCUT2D eigenvalue weighted by molar-refractivity contribution is 7.90. The molecule has 24 heavy (non-hydrogen) atoms. The SMILES string of the molecule is COc1ccc2c(c1)c(C)cn2S(=O)(=O)c1ccc(OC)c(N)c1. The topological polar surface area (TPSA) is 83.5 Å². The molecule has 0 amide bonds. The van der Waals surface area contributed by atoms with Crippen LogP contribution in [-0.2, 0) is 10.0 Å². The number of nitrogen functional groups attached to an aromatic ring is 1. The van der Waals surface area contributed by atoms with Gasteiger partial charge in [0.05, 0.1) is 30.3 Å². The molecule has 2 aromatic carbocycles. The first kappa shape index (κ1) is 16.2. The number of methoxy groups -OCH3 is 2. The van der Waals surface area contributed by atoms with Crippen LogP contribution in [0.3, 0.4) is 0 Å². The lowest BCUT2D eigenvalue weighted by atomic mass is 10.2. The van der Waals surface area contributed by atoms with Crippen molar-refractivity contribution in [1.29, 1.82) is 0 Å². The summed E-state index contributed by atoms with van der Waals surface area (Å²) >= 11 is 0. The van der Waals surface area contributed by atoms with E-state index < -0.39 is 10.0 Å². The van der Waals surface area contributed by atoms with Crippen molar-refractivity contribution in [2.24, 2.45) is 0 Å². The van der Waals surface area contributed by atoms with Crippen molar-refractivity contribution in [1.82, 2.24) is 3.97 Å². The second-order valence-corrected chi connectivity index (χ2v) is 7.21. The average molecular weight is 346 g/mol. The number of fused-ring (bicyclic) bond motifs is 1. The Morgan fingerprint density at radius 3 is 2.42 bits per heavy atom. The summed E-state index contributed by atoms with van der Waals surface area (Å²) in [7, 11) is -0.716. The third-order valence-corrected chi connectivity index (χ3v) is 5.60. The van der Waals surface area contributed by atoms with Crippen LogP contribution >= 0.6 is 0 Å². The van der Waals surface area contributed by atoms with Crippen LogP contribution in [0.15, 0.2) is 47.5 Å². The number of aromatic nitrogens is 1. The first-order valence-electron chi connectivity index (χ1n) is 7.23. The third-order valence-electron chi connectivity index (χ3n) is 3.93. The summed E-state index contributed by atoms with van der Waals surface area (Å²) < 4.78 is 37.6. The van der Waals surface area contributed by atoms with Crippen LogP contribution in [0.4, 0.5) is 5.69 Å². The average Bonchev–Trinajstić information content (AvgIpc) is 2.91. The largest absolute Gasteiger partial charge is 0.497 e. The Morgan fingerprint density at radius 1 is 1.04 bits per heavy atom. The van der Waals surface area contributed by atoms with Crippen molar-refractivity contribution in [3.63, 3.8) is 0 Å². The number of ether oxygens (including phenoxy) is 2. The Balaban J connectivity index is 2.20. The molecule has 0 fully saturated rings. The van der Waals surface area contributed by atoms with Crippen LogP contribution in [0.5, 0.6) is 11.5 Å². The zero-order valence-corrected chi connectivity index (χ0v) is 14.4. The Labute approximate surface area is 140 Å². The highest BCUT2D eigenvalue weighted by atomic mass is 32.2. The number of nitrogens with two attached hydrogens (primary N) is 1. The zero-order chi connectivity index (χ0) is 17.5. The van der Waals surface area contributed by atoms with Gasteiger partial charge in [-0.2, -0.15) is 0 Å². The summed E-state index contributed by atoms with van der Waals surface area (Å²) in [6.07, 6.45) is 1.60. The second kappa shape index (κ2) is 5.76. The fraction of sp³-hybridized carbons (Fsp3) is 0.176. The summed E-state index contributed by atoms with van der Waals surface area (Å²) in [5.74, 6) is 1.11. The lowest BCUT2D eigenvalue weighted by Gasteiger charge is -2.10. The van der Waals surface area contributed by atoms with Gasteiger partial charge in [0.15, 0.2) is 0 Å². The van der Waals surface area contributed by atoms with Crippen molar-refractivity contribution in [3.05, 3.63) is 48.2 Å². The minimum atomic E-state index is -3.77. The van der Waals surface area contributed by atoms with Gasteiger partial charge in [-0.05, 0) is 48.9 Å². The van der Waals surface area contributed by atoms with Crippen LogP contribution < -0.4 is 15.2 Å². The van der Waals surface area contributed by atoms with Crippen LogP contribution in [0.1, 0.15) is 5.56 Å². The molecular weight excluding hydrogens is 328 g/mol. The van der Waals surface area contributed by atoms with Gasteiger partial charge in [0.1, 0.15) is 11.5 Å². The molecule has 0 aliphatic rings. The monoisotopic (exact) mass is 346 g/mol. The van der Waals surface area contributed by atoms with Crippen molar-refractivity contribution in [3.8, 4) is 11.5 Å². The number of benzene rings is 2. The highest BCUT2D eigenvalue weighted by Gasteiger charge is 2.21. The summed E-state index contributed by atoms with van der Waals surface area (Å²) in [4.78, 5) is 0.105. The molecule has 0 aliphatic carbocycles. The molecule has 126 valence electrons. The standard InChI is InChI=1S/C17H18N2O4S/c1-11-10-19(16-6-4-12(22-2)8-14(11)16)24(20,21)13-5-7-17(23-3)15(18)9-13/h4-10H,18H2,1-3H3. The molecule has 1 heterocycles. The molecule has 1 aromatic heterocycles. The molecule has 0 radical (unpaired) electrons. The van der Waals surface area contributed by atoms with E-state index in [0.717, 1.165) is 10.9 Å². The molecule has 0 spiro atoms. The van der Waals surface area contributed by atoms with Crippen LogP contribution in [0.2, 0.25) is 0 Å². The number of anilines is 1. The molecule has 0 aliphatic heterocycles. The normalized spacial score (nSPS) is 11.6. The van der Waals surface area contributed by atoms with Gasteiger partial charge in [-0.15, -0.1) is 0 Å². The third kappa shape index (κ3) is 2.46. The van der Waals surface area contributed by atoms with Gasteiger partial charge in [-0.25, -0.2) is 12.4 Å². The predicted octanol–water partition coefficient (Wildman–Crippen LogP) is 2.79. The molecule has 0 saturated heterocycles. The summed E-state index contributed by atoms with van der Waals surface area (Å²) in [6.45, 7) is 1.86. The number of rotatable bonds is 4. The van der Waals surface area contributed by atoms with Gasteiger partial charge < -0.3 is 15.2 Å². The zero-order valence-electron chi connectivity index (χ0n) is 13.6. The molecule has 0 bridgehead atoms. The van der Waals surface area contributed by atoms with E-state index in [1.165, 1.54) is 23.2 Å². The van der Waals surface area contributed by atoms with E-state index in [4.69, 9.17) is 15.2 Å². The first-order valence-corrected chi connectivity index (χ1v) is 8.67. The van der Waals surface area contributed by atoms with Crippen molar-refractivity contribution >= 4 is 26.6 Å². The second-order valence-electron chi connectivity index (χ2n) is 5.40. The maximum Gasteiger partial charge on any atom is 0.268 e. The highest BCUT2D eigenvalue weighted by Crippen LogP contribution is 2.30. The summed E-state index contributed by atoms with van der Waals surface area (Å²) in [5.41, 5.74) is 7.55. The minimum absolute atomic E-state index is 0.105. The number of hydrogen-bond donors (Lipinski definition) is 1.